The van der Waals surface area contributed by atoms with E-state index in [1.165, 1.54) is 11.3 Å². The van der Waals surface area contributed by atoms with Crippen molar-refractivity contribution in [2.75, 3.05) is 18.4 Å². The van der Waals surface area contributed by atoms with E-state index in [1.807, 2.05) is 17.5 Å². The Morgan fingerprint density at radius 1 is 1.22 bits per heavy atom. The van der Waals surface area contributed by atoms with Crippen LogP contribution in [0.5, 0.6) is 0 Å². The molecule has 6 heteroatoms. The highest BCUT2D eigenvalue weighted by atomic mass is 32.1. The number of nitrogens with one attached hydrogen (secondary N) is 2. The van der Waals surface area contributed by atoms with Crippen LogP contribution in [0, 0.1) is 5.92 Å². The lowest BCUT2D eigenvalue weighted by Crippen LogP contribution is -2.34. The van der Waals surface area contributed by atoms with E-state index in [4.69, 9.17) is 0 Å². The SMILES string of the molecule is CC(=O)c1ccc(-c2csc(NC(=O)C3CCNCC3)n2)cc1. The zero-order valence-electron chi connectivity index (χ0n) is 13.0. The first-order valence-corrected chi connectivity index (χ1v) is 8.60. The van der Waals surface area contributed by atoms with Crippen molar-refractivity contribution < 1.29 is 9.59 Å². The molecule has 120 valence electrons. The normalized spacial score (nSPS) is 15.3. The van der Waals surface area contributed by atoms with Crippen molar-refractivity contribution in [3.05, 3.63) is 35.2 Å². The molecule has 1 aromatic heterocycles. The number of benzene rings is 1. The first-order chi connectivity index (χ1) is 11.1. The van der Waals surface area contributed by atoms with Crippen molar-refractivity contribution in [1.82, 2.24) is 10.3 Å². The molecule has 0 bridgehead atoms. The summed E-state index contributed by atoms with van der Waals surface area (Å²) < 4.78 is 0. The number of nitrogens with zero attached hydrogens (tertiary/aromatic N) is 1. The fourth-order valence-corrected chi connectivity index (χ4v) is 3.35. The number of aromatic nitrogens is 1. The zero-order valence-corrected chi connectivity index (χ0v) is 13.8. The Kier molecular flexibility index (Phi) is 4.83. The van der Waals surface area contributed by atoms with E-state index in [2.05, 4.69) is 15.6 Å². The molecule has 0 saturated carbocycles. The molecular formula is C17H19N3O2S. The smallest absolute Gasteiger partial charge is 0.229 e. The molecule has 0 atom stereocenters. The minimum Gasteiger partial charge on any atom is -0.317 e. The number of thiazole rings is 1. The van der Waals surface area contributed by atoms with E-state index in [1.54, 1.807) is 19.1 Å². The van der Waals surface area contributed by atoms with Crippen molar-refractivity contribution >= 4 is 28.2 Å². The van der Waals surface area contributed by atoms with Gasteiger partial charge in [-0.15, -0.1) is 11.3 Å². The molecule has 0 unspecified atom stereocenters. The molecular weight excluding hydrogens is 310 g/mol. The summed E-state index contributed by atoms with van der Waals surface area (Å²) in [5, 5.41) is 8.71. The average Bonchev–Trinajstić information content (AvgIpc) is 3.04. The van der Waals surface area contributed by atoms with Gasteiger partial charge in [0.25, 0.3) is 0 Å². The monoisotopic (exact) mass is 329 g/mol. The largest absolute Gasteiger partial charge is 0.317 e. The fraction of sp³-hybridized carbons (Fsp3) is 0.353. The van der Waals surface area contributed by atoms with Crippen LogP contribution in [0.1, 0.15) is 30.1 Å². The highest BCUT2D eigenvalue weighted by Crippen LogP contribution is 2.26. The molecule has 0 aliphatic carbocycles. The van der Waals surface area contributed by atoms with E-state index in [0.29, 0.717) is 10.7 Å². The standard InChI is InChI=1S/C17H19N3O2S/c1-11(21)12-2-4-13(5-3-12)15-10-23-17(19-15)20-16(22)14-6-8-18-9-7-14/h2-5,10,14,18H,6-9H2,1H3,(H,19,20,22). The molecule has 1 aliphatic heterocycles. The predicted molar refractivity (Wildman–Crippen MR) is 91.8 cm³/mol. The van der Waals surface area contributed by atoms with E-state index >= 15 is 0 Å². The quantitative estimate of drug-likeness (QED) is 0.846. The second-order valence-corrected chi connectivity index (χ2v) is 6.54. The number of hydrogen-bond acceptors (Lipinski definition) is 5. The average molecular weight is 329 g/mol. The molecule has 2 heterocycles. The number of piperidine rings is 1. The van der Waals surface area contributed by atoms with E-state index < -0.39 is 0 Å². The Bertz CT molecular complexity index is 703. The van der Waals surface area contributed by atoms with E-state index in [-0.39, 0.29) is 17.6 Å². The molecule has 23 heavy (non-hydrogen) atoms. The predicted octanol–water partition coefficient (Wildman–Crippen LogP) is 2.95. The summed E-state index contributed by atoms with van der Waals surface area (Å²) in [7, 11) is 0. The van der Waals surface area contributed by atoms with Gasteiger partial charge >= 0.3 is 0 Å². The summed E-state index contributed by atoms with van der Waals surface area (Å²) in [6.45, 7) is 3.33. The van der Waals surface area contributed by atoms with Crippen molar-refractivity contribution in [2.24, 2.45) is 5.92 Å². The van der Waals surface area contributed by atoms with Gasteiger partial charge in [0, 0.05) is 22.4 Å². The topological polar surface area (TPSA) is 71.1 Å². The molecule has 0 radical (unpaired) electrons. The minimum absolute atomic E-state index is 0.0461. The molecule has 1 fully saturated rings. The van der Waals surface area contributed by atoms with Gasteiger partial charge in [-0.25, -0.2) is 4.98 Å². The Balaban J connectivity index is 1.67. The van der Waals surface area contributed by atoms with Gasteiger partial charge in [0.1, 0.15) is 0 Å². The maximum absolute atomic E-state index is 12.2. The van der Waals surface area contributed by atoms with Crippen LogP contribution in [-0.4, -0.2) is 29.8 Å². The van der Waals surface area contributed by atoms with Gasteiger partial charge in [-0.2, -0.15) is 0 Å². The number of rotatable bonds is 4. The van der Waals surface area contributed by atoms with Crippen molar-refractivity contribution in [3.8, 4) is 11.3 Å². The third kappa shape index (κ3) is 3.83. The van der Waals surface area contributed by atoms with Gasteiger partial charge in [0.15, 0.2) is 10.9 Å². The number of ketones is 1. The lowest BCUT2D eigenvalue weighted by molar-refractivity contribution is -0.120. The summed E-state index contributed by atoms with van der Waals surface area (Å²) in [5.74, 6) is 0.169. The van der Waals surface area contributed by atoms with Crippen LogP contribution in [0.15, 0.2) is 29.6 Å². The molecule has 1 amide bonds. The molecule has 1 aromatic carbocycles. The zero-order chi connectivity index (χ0) is 16.2. The van der Waals surface area contributed by atoms with E-state index in [0.717, 1.165) is 37.2 Å². The minimum atomic E-state index is 0.0461. The summed E-state index contributed by atoms with van der Waals surface area (Å²) in [6, 6.07) is 7.35. The lowest BCUT2D eigenvalue weighted by atomic mass is 9.97. The van der Waals surface area contributed by atoms with Crippen molar-refractivity contribution in [2.45, 2.75) is 19.8 Å². The Labute approximate surface area is 139 Å². The van der Waals surface area contributed by atoms with Crippen molar-refractivity contribution in [3.63, 3.8) is 0 Å². The summed E-state index contributed by atoms with van der Waals surface area (Å²) >= 11 is 1.42. The maximum Gasteiger partial charge on any atom is 0.229 e. The molecule has 1 aliphatic rings. The van der Waals surface area contributed by atoms with Gasteiger partial charge in [-0.1, -0.05) is 24.3 Å². The third-order valence-corrected chi connectivity index (χ3v) is 4.79. The molecule has 2 N–H and O–H groups in total. The lowest BCUT2D eigenvalue weighted by Gasteiger charge is -2.20. The maximum atomic E-state index is 12.2. The highest BCUT2D eigenvalue weighted by Gasteiger charge is 2.21. The van der Waals surface area contributed by atoms with Gasteiger partial charge in [0.05, 0.1) is 5.69 Å². The molecule has 0 spiro atoms. The summed E-state index contributed by atoms with van der Waals surface area (Å²) in [4.78, 5) is 28.0. The van der Waals surface area contributed by atoms with Crippen LogP contribution in [-0.2, 0) is 4.79 Å². The third-order valence-electron chi connectivity index (χ3n) is 4.03. The molecule has 3 rings (SSSR count). The van der Waals surface area contributed by atoms with Gasteiger partial charge in [-0.05, 0) is 32.9 Å². The number of carbonyl (C=O) groups excluding carboxylic acids is 2. The van der Waals surface area contributed by atoms with Crippen LogP contribution in [0.3, 0.4) is 0 Å². The highest BCUT2D eigenvalue weighted by molar-refractivity contribution is 7.14. The van der Waals surface area contributed by atoms with E-state index in [9.17, 15) is 9.59 Å². The van der Waals surface area contributed by atoms with Gasteiger partial charge in [-0.3, -0.25) is 9.59 Å². The Hall–Kier alpha value is -2.05. The van der Waals surface area contributed by atoms with Crippen LogP contribution in [0.25, 0.3) is 11.3 Å². The molecule has 2 aromatic rings. The second-order valence-electron chi connectivity index (χ2n) is 5.68. The Morgan fingerprint density at radius 3 is 2.57 bits per heavy atom. The van der Waals surface area contributed by atoms with Crippen LogP contribution in [0.4, 0.5) is 5.13 Å². The van der Waals surface area contributed by atoms with Gasteiger partial charge in [0.2, 0.25) is 5.91 Å². The number of amides is 1. The van der Waals surface area contributed by atoms with Crippen molar-refractivity contribution in [1.29, 1.82) is 0 Å². The number of carbonyl (C=O) groups is 2. The van der Waals surface area contributed by atoms with Gasteiger partial charge < -0.3 is 10.6 Å². The van der Waals surface area contributed by atoms with Crippen LogP contribution >= 0.6 is 11.3 Å². The number of Topliss-reactive ketones (excluding diaryl/α,β-unsaturated/α-hetero) is 1. The summed E-state index contributed by atoms with van der Waals surface area (Å²) in [6.07, 6.45) is 1.74. The van der Waals surface area contributed by atoms with Crippen LogP contribution < -0.4 is 10.6 Å². The summed E-state index contributed by atoms with van der Waals surface area (Å²) in [5.41, 5.74) is 2.43. The molecule has 5 nitrogen and oxygen atoms in total. The second kappa shape index (κ2) is 7.02. The Morgan fingerprint density at radius 2 is 1.91 bits per heavy atom. The van der Waals surface area contributed by atoms with Crippen LogP contribution in [0.2, 0.25) is 0 Å². The first-order valence-electron chi connectivity index (χ1n) is 7.72. The number of anilines is 1. The first kappa shape index (κ1) is 15.8. The number of hydrogen-bond donors (Lipinski definition) is 2. The molecule has 1 saturated heterocycles. The fourth-order valence-electron chi connectivity index (χ4n) is 2.63.